The molecule has 6 rings (SSSR count). The number of nitrogens with two attached hydrogens (primary N) is 1. The Kier molecular flexibility index (Phi) is 4.86. The van der Waals surface area contributed by atoms with Crippen molar-refractivity contribution in [3.05, 3.63) is 47.2 Å². The maximum Gasteiger partial charge on any atom is 0.224 e. The normalized spacial score (nSPS) is 31.4. The van der Waals surface area contributed by atoms with Crippen LogP contribution in [0.2, 0.25) is 0 Å². The van der Waals surface area contributed by atoms with Gasteiger partial charge in [0.1, 0.15) is 17.5 Å². The minimum absolute atomic E-state index is 0.304. The van der Waals surface area contributed by atoms with Crippen LogP contribution in [0.5, 0.6) is 0 Å². The van der Waals surface area contributed by atoms with E-state index in [9.17, 15) is 5.26 Å². The Morgan fingerprint density at radius 2 is 1.93 bits per heavy atom. The van der Waals surface area contributed by atoms with E-state index in [2.05, 4.69) is 45.7 Å². The molecule has 4 fully saturated rings. The van der Waals surface area contributed by atoms with Crippen molar-refractivity contribution in [2.45, 2.75) is 51.6 Å². The largest absolute Gasteiger partial charge is 0.368 e. The lowest BCUT2D eigenvalue weighted by Crippen LogP contribution is -2.58. The Balaban J connectivity index is 1.29. The predicted octanol–water partition coefficient (Wildman–Crippen LogP) is 3.83. The molecular formula is C24H30N6. The molecule has 4 saturated carbocycles. The van der Waals surface area contributed by atoms with Gasteiger partial charge in [-0.05, 0) is 73.3 Å². The monoisotopic (exact) mass is 402 g/mol. The van der Waals surface area contributed by atoms with Crippen molar-refractivity contribution in [1.82, 2.24) is 9.97 Å². The molecule has 0 radical (unpaired) electrons. The number of aryl methyl sites for hydroxylation is 1. The highest BCUT2D eigenvalue weighted by Gasteiger charge is 2.54. The molecule has 6 nitrogen and oxygen atoms in total. The number of hydrogen-bond acceptors (Lipinski definition) is 6. The van der Waals surface area contributed by atoms with Crippen LogP contribution in [0.1, 0.15) is 48.8 Å². The van der Waals surface area contributed by atoms with Gasteiger partial charge in [-0.15, -0.1) is 0 Å². The average Bonchev–Trinajstić information content (AvgIpc) is 2.75. The predicted molar refractivity (Wildman–Crippen MR) is 118 cm³/mol. The van der Waals surface area contributed by atoms with Gasteiger partial charge in [-0.25, -0.2) is 4.98 Å². The van der Waals surface area contributed by atoms with Crippen LogP contribution in [0.4, 0.5) is 11.8 Å². The maximum absolute atomic E-state index is 9.54. The second-order valence-corrected chi connectivity index (χ2v) is 9.75. The highest BCUT2D eigenvalue weighted by molar-refractivity contribution is 5.53. The molecule has 4 aliphatic rings. The van der Waals surface area contributed by atoms with E-state index in [1.54, 1.807) is 6.20 Å². The lowest BCUT2D eigenvalue weighted by molar-refractivity contribution is -0.0591. The molecule has 2 unspecified atom stereocenters. The third-order valence-electron chi connectivity index (χ3n) is 7.71. The van der Waals surface area contributed by atoms with Gasteiger partial charge >= 0.3 is 0 Å². The van der Waals surface area contributed by atoms with Crippen molar-refractivity contribution < 1.29 is 0 Å². The van der Waals surface area contributed by atoms with E-state index in [0.29, 0.717) is 47.2 Å². The second-order valence-electron chi connectivity index (χ2n) is 9.75. The van der Waals surface area contributed by atoms with Crippen molar-refractivity contribution >= 4 is 11.8 Å². The lowest BCUT2D eigenvalue weighted by atomic mass is 9.48. The third-order valence-corrected chi connectivity index (χ3v) is 7.71. The zero-order valence-electron chi connectivity index (χ0n) is 17.6. The van der Waals surface area contributed by atoms with E-state index >= 15 is 0 Å². The van der Waals surface area contributed by atoms with Gasteiger partial charge in [0, 0.05) is 19.1 Å². The first-order chi connectivity index (χ1) is 14.5. The minimum Gasteiger partial charge on any atom is -0.368 e. The average molecular weight is 403 g/mol. The Labute approximate surface area is 178 Å². The van der Waals surface area contributed by atoms with Crippen LogP contribution in [-0.2, 0) is 6.54 Å². The molecule has 0 amide bonds. The summed E-state index contributed by atoms with van der Waals surface area (Å²) in [5.41, 5.74) is 9.75. The first-order valence-electron chi connectivity index (χ1n) is 11.1. The summed E-state index contributed by atoms with van der Waals surface area (Å²) in [6.07, 6.45) is 7.93. The molecule has 6 heteroatoms. The summed E-state index contributed by atoms with van der Waals surface area (Å²) in [7, 11) is 0. The molecule has 1 heterocycles. The summed E-state index contributed by atoms with van der Waals surface area (Å²) in [6, 6.07) is 10.9. The van der Waals surface area contributed by atoms with Crippen LogP contribution < -0.4 is 16.4 Å². The van der Waals surface area contributed by atoms with Crippen molar-refractivity contribution in [3.8, 4) is 6.07 Å². The Morgan fingerprint density at radius 3 is 2.67 bits per heavy atom. The van der Waals surface area contributed by atoms with E-state index in [1.807, 2.05) is 12.1 Å². The second kappa shape index (κ2) is 7.55. The zero-order chi connectivity index (χ0) is 20.7. The van der Waals surface area contributed by atoms with Crippen molar-refractivity contribution in [2.24, 2.45) is 28.9 Å². The summed E-state index contributed by atoms with van der Waals surface area (Å²) in [5.74, 6) is 3.36. The smallest absolute Gasteiger partial charge is 0.224 e. The van der Waals surface area contributed by atoms with E-state index in [-0.39, 0.29) is 0 Å². The number of nitrogens with one attached hydrogen (secondary N) is 2. The molecular weight excluding hydrogens is 372 g/mol. The number of aromatic nitrogens is 2. The van der Waals surface area contributed by atoms with Gasteiger partial charge in [0.15, 0.2) is 0 Å². The minimum atomic E-state index is 0.304. The van der Waals surface area contributed by atoms with Gasteiger partial charge in [-0.3, -0.25) is 0 Å². The molecule has 4 bridgehead atoms. The van der Waals surface area contributed by atoms with Crippen molar-refractivity contribution in [3.63, 3.8) is 0 Å². The molecule has 4 N–H and O–H groups in total. The first-order valence-corrected chi connectivity index (χ1v) is 11.1. The molecule has 0 spiro atoms. The molecule has 156 valence electrons. The highest BCUT2D eigenvalue weighted by Crippen LogP contribution is 2.59. The Hall–Kier alpha value is -2.65. The summed E-state index contributed by atoms with van der Waals surface area (Å²) in [6.45, 7) is 3.62. The van der Waals surface area contributed by atoms with Crippen LogP contribution in [0, 0.1) is 41.4 Å². The molecule has 2 aromatic rings. The zero-order valence-corrected chi connectivity index (χ0v) is 17.6. The summed E-state index contributed by atoms with van der Waals surface area (Å²) in [4.78, 5) is 8.98. The summed E-state index contributed by atoms with van der Waals surface area (Å²) < 4.78 is 0. The van der Waals surface area contributed by atoms with E-state index in [0.717, 1.165) is 12.5 Å². The van der Waals surface area contributed by atoms with Gasteiger partial charge in [-0.2, -0.15) is 10.2 Å². The van der Waals surface area contributed by atoms with E-state index in [1.165, 1.54) is 43.2 Å². The van der Waals surface area contributed by atoms with Crippen LogP contribution in [0.3, 0.4) is 0 Å². The molecule has 4 aliphatic carbocycles. The Morgan fingerprint density at radius 1 is 1.17 bits per heavy atom. The van der Waals surface area contributed by atoms with Crippen LogP contribution in [0.25, 0.3) is 0 Å². The number of nitriles is 1. The molecule has 2 atom stereocenters. The fourth-order valence-electron chi connectivity index (χ4n) is 6.39. The Bertz CT molecular complexity index is 964. The third kappa shape index (κ3) is 3.52. The fraction of sp³-hybridized carbons (Fsp3) is 0.542. The van der Waals surface area contributed by atoms with Gasteiger partial charge in [-0.1, -0.05) is 24.3 Å². The molecule has 0 aliphatic heterocycles. The fourth-order valence-corrected chi connectivity index (χ4v) is 6.39. The molecule has 1 aromatic heterocycles. The summed E-state index contributed by atoms with van der Waals surface area (Å²) >= 11 is 0. The number of anilines is 2. The summed E-state index contributed by atoms with van der Waals surface area (Å²) in [5, 5.41) is 16.4. The van der Waals surface area contributed by atoms with Gasteiger partial charge in [0.05, 0.1) is 6.20 Å². The van der Waals surface area contributed by atoms with Gasteiger partial charge in [0.25, 0.3) is 0 Å². The quantitative estimate of drug-likeness (QED) is 0.679. The van der Waals surface area contributed by atoms with Crippen molar-refractivity contribution in [1.29, 1.82) is 5.26 Å². The van der Waals surface area contributed by atoms with Crippen molar-refractivity contribution in [2.75, 3.05) is 17.2 Å². The number of rotatable bonds is 6. The maximum atomic E-state index is 9.54. The number of nitrogens with zero attached hydrogens (tertiary/aromatic N) is 3. The lowest BCUT2D eigenvalue weighted by Gasteiger charge is -2.59. The van der Waals surface area contributed by atoms with Crippen LogP contribution in [0.15, 0.2) is 30.5 Å². The van der Waals surface area contributed by atoms with Crippen LogP contribution >= 0.6 is 0 Å². The van der Waals surface area contributed by atoms with E-state index in [4.69, 9.17) is 5.73 Å². The van der Waals surface area contributed by atoms with Gasteiger partial charge in [0.2, 0.25) is 5.95 Å². The molecule has 30 heavy (non-hydrogen) atoms. The van der Waals surface area contributed by atoms with Gasteiger partial charge < -0.3 is 16.4 Å². The topological polar surface area (TPSA) is 99.7 Å². The molecule has 0 saturated heterocycles. The SMILES string of the molecule is Cc1ccccc1CNc1ncc(C#N)c(NCC23CC4CC(C2)C(N)C(C4)C3)n1. The highest BCUT2D eigenvalue weighted by atomic mass is 15.1. The van der Waals surface area contributed by atoms with Crippen LogP contribution in [-0.4, -0.2) is 22.6 Å². The first kappa shape index (κ1) is 19.3. The standard InChI is InChI=1S/C24H30N6/c1-15-4-2-3-5-17(15)12-27-23-28-13-20(11-25)22(30-23)29-14-24-8-16-6-18(9-24)21(26)19(7-16)10-24/h2-5,13,16,18-19,21H,6-10,12,14,26H2,1H3,(H2,27,28,29,30). The van der Waals surface area contributed by atoms with E-state index < -0.39 is 0 Å². The molecule has 1 aromatic carbocycles. The number of benzene rings is 1. The number of hydrogen-bond donors (Lipinski definition) is 3.